The first-order valence-electron chi connectivity index (χ1n) is 8.89. The van der Waals surface area contributed by atoms with Gasteiger partial charge in [-0.15, -0.1) is 0 Å². The molecule has 2 aromatic carbocycles. The minimum Gasteiger partial charge on any atom is -0.492 e. The molecular weight excluding hydrogens is 400 g/mol. The van der Waals surface area contributed by atoms with Crippen LogP contribution in [0, 0.1) is 0 Å². The maximum atomic E-state index is 11.9. The SMILES string of the molecule is O=C(C=Cc1ccc(N2CCCS2(=O)=O)cc1)NCCOc1cccc(Cl)c1. The first-order valence-corrected chi connectivity index (χ1v) is 10.9. The van der Waals surface area contributed by atoms with E-state index in [1.807, 2.05) is 0 Å². The normalized spacial score (nSPS) is 15.7. The molecule has 0 atom stereocenters. The van der Waals surface area contributed by atoms with Gasteiger partial charge in [0.05, 0.1) is 18.0 Å². The van der Waals surface area contributed by atoms with Gasteiger partial charge in [-0.25, -0.2) is 8.42 Å². The predicted octanol–water partition coefficient (Wildman–Crippen LogP) is 3.09. The van der Waals surface area contributed by atoms with Gasteiger partial charge in [0.2, 0.25) is 15.9 Å². The van der Waals surface area contributed by atoms with Crippen LogP contribution in [-0.2, 0) is 14.8 Å². The van der Waals surface area contributed by atoms with Gasteiger partial charge >= 0.3 is 0 Å². The average molecular weight is 421 g/mol. The van der Waals surface area contributed by atoms with Gasteiger partial charge in [0.1, 0.15) is 12.4 Å². The van der Waals surface area contributed by atoms with Gasteiger partial charge in [-0.2, -0.15) is 0 Å². The highest BCUT2D eigenvalue weighted by atomic mass is 35.5. The van der Waals surface area contributed by atoms with Crippen LogP contribution in [0.25, 0.3) is 6.08 Å². The number of anilines is 1. The molecule has 0 aromatic heterocycles. The molecule has 1 saturated heterocycles. The van der Waals surface area contributed by atoms with Crippen LogP contribution in [0.5, 0.6) is 5.75 Å². The molecule has 0 saturated carbocycles. The number of nitrogens with one attached hydrogen (secondary N) is 1. The highest BCUT2D eigenvalue weighted by Gasteiger charge is 2.28. The number of rotatable bonds is 7. The van der Waals surface area contributed by atoms with Crippen molar-refractivity contribution in [3.63, 3.8) is 0 Å². The zero-order valence-corrected chi connectivity index (χ0v) is 16.7. The first-order chi connectivity index (χ1) is 13.4. The number of ether oxygens (including phenoxy) is 1. The largest absolute Gasteiger partial charge is 0.492 e. The van der Waals surface area contributed by atoms with Crippen LogP contribution in [-0.4, -0.2) is 39.8 Å². The highest BCUT2D eigenvalue weighted by molar-refractivity contribution is 7.93. The molecule has 1 amide bonds. The van der Waals surface area contributed by atoms with E-state index in [9.17, 15) is 13.2 Å². The summed E-state index contributed by atoms with van der Waals surface area (Å²) in [6, 6.07) is 14.1. The third-order valence-corrected chi connectivity index (χ3v) is 6.28. The second-order valence-corrected chi connectivity index (χ2v) is 8.71. The summed E-state index contributed by atoms with van der Waals surface area (Å²) >= 11 is 5.88. The van der Waals surface area contributed by atoms with E-state index >= 15 is 0 Å². The van der Waals surface area contributed by atoms with Crippen molar-refractivity contribution >= 4 is 39.3 Å². The Morgan fingerprint density at radius 3 is 2.68 bits per heavy atom. The molecule has 1 N–H and O–H groups in total. The lowest BCUT2D eigenvalue weighted by Crippen LogP contribution is -2.26. The molecular formula is C20H21ClN2O4S. The Hall–Kier alpha value is -2.51. The molecule has 0 bridgehead atoms. The maximum Gasteiger partial charge on any atom is 0.244 e. The number of carbonyl (C=O) groups is 1. The molecule has 1 fully saturated rings. The van der Waals surface area contributed by atoms with Crippen molar-refractivity contribution in [2.24, 2.45) is 0 Å². The van der Waals surface area contributed by atoms with Crippen molar-refractivity contribution in [3.05, 3.63) is 65.2 Å². The lowest BCUT2D eigenvalue weighted by atomic mass is 10.2. The minimum atomic E-state index is -3.18. The fraction of sp³-hybridized carbons (Fsp3) is 0.250. The molecule has 0 aliphatic carbocycles. The number of amides is 1. The topological polar surface area (TPSA) is 75.7 Å². The average Bonchev–Trinajstić information content (AvgIpc) is 3.03. The minimum absolute atomic E-state index is 0.190. The third kappa shape index (κ3) is 5.50. The fourth-order valence-electron chi connectivity index (χ4n) is 2.81. The lowest BCUT2D eigenvalue weighted by Gasteiger charge is -2.16. The monoisotopic (exact) mass is 420 g/mol. The van der Waals surface area contributed by atoms with E-state index in [0.29, 0.717) is 42.6 Å². The van der Waals surface area contributed by atoms with E-state index in [2.05, 4.69) is 5.32 Å². The molecule has 0 radical (unpaired) electrons. The number of hydrogen-bond donors (Lipinski definition) is 1. The standard InChI is InChI=1S/C20H21ClN2O4S/c21-17-3-1-4-19(15-17)27-13-11-22-20(24)10-7-16-5-8-18(9-6-16)23-12-2-14-28(23,25)26/h1,3-10,15H,2,11-14H2,(H,22,24). The molecule has 6 nitrogen and oxygen atoms in total. The van der Waals surface area contributed by atoms with Gasteiger partial charge in [-0.05, 0) is 48.4 Å². The fourth-order valence-corrected chi connectivity index (χ4v) is 4.56. The molecule has 2 aromatic rings. The highest BCUT2D eigenvalue weighted by Crippen LogP contribution is 2.24. The van der Waals surface area contributed by atoms with E-state index in [1.165, 1.54) is 10.4 Å². The zero-order valence-electron chi connectivity index (χ0n) is 15.2. The Bertz CT molecular complexity index is 958. The molecule has 0 spiro atoms. The lowest BCUT2D eigenvalue weighted by molar-refractivity contribution is -0.116. The van der Waals surface area contributed by atoms with Gasteiger partial charge in [0.25, 0.3) is 0 Å². The van der Waals surface area contributed by atoms with Crippen molar-refractivity contribution in [3.8, 4) is 5.75 Å². The number of nitrogens with zero attached hydrogens (tertiary/aromatic N) is 1. The van der Waals surface area contributed by atoms with Gasteiger partial charge in [-0.1, -0.05) is 29.8 Å². The quantitative estimate of drug-likeness (QED) is 0.551. The summed E-state index contributed by atoms with van der Waals surface area (Å²) in [5, 5.41) is 3.33. The summed E-state index contributed by atoms with van der Waals surface area (Å²) in [6.07, 6.45) is 3.75. The Labute approximate surface area is 169 Å². The van der Waals surface area contributed by atoms with Gasteiger partial charge in [-0.3, -0.25) is 9.10 Å². The number of carbonyl (C=O) groups excluding carboxylic acids is 1. The van der Waals surface area contributed by atoms with Crippen LogP contribution < -0.4 is 14.4 Å². The van der Waals surface area contributed by atoms with Crippen molar-refractivity contribution in [2.75, 3.05) is 29.8 Å². The number of benzene rings is 2. The third-order valence-electron chi connectivity index (χ3n) is 4.17. The molecule has 148 valence electrons. The van der Waals surface area contributed by atoms with Crippen LogP contribution in [0.1, 0.15) is 12.0 Å². The Morgan fingerprint density at radius 2 is 2.00 bits per heavy atom. The maximum absolute atomic E-state index is 11.9. The summed E-state index contributed by atoms with van der Waals surface area (Å²) in [6.45, 7) is 1.21. The molecule has 1 aliphatic heterocycles. The van der Waals surface area contributed by atoms with Crippen molar-refractivity contribution in [1.82, 2.24) is 5.32 Å². The number of hydrogen-bond acceptors (Lipinski definition) is 4. The second kappa shape index (κ2) is 9.12. The zero-order chi connectivity index (χ0) is 20.0. The first kappa shape index (κ1) is 20.2. The van der Waals surface area contributed by atoms with Crippen LogP contribution in [0.2, 0.25) is 5.02 Å². The molecule has 8 heteroatoms. The van der Waals surface area contributed by atoms with Crippen molar-refractivity contribution in [1.29, 1.82) is 0 Å². The summed E-state index contributed by atoms with van der Waals surface area (Å²) in [4.78, 5) is 11.9. The van der Waals surface area contributed by atoms with E-state index in [-0.39, 0.29) is 11.7 Å². The molecule has 0 unspecified atom stereocenters. The van der Waals surface area contributed by atoms with Gasteiger partial charge in [0, 0.05) is 17.6 Å². The summed E-state index contributed by atoms with van der Waals surface area (Å²) in [7, 11) is -3.18. The van der Waals surface area contributed by atoms with Crippen LogP contribution in [0.15, 0.2) is 54.6 Å². The Kier molecular flexibility index (Phi) is 6.59. The summed E-state index contributed by atoms with van der Waals surface area (Å²) in [5.41, 5.74) is 1.46. The van der Waals surface area contributed by atoms with Crippen LogP contribution in [0.3, 0.4) is 0 Å². The van der Waals surface area contributed by atoms with Crippen LogP contribution in [0.4, 0.5) is 5.69 Å². The molecule has 28 heavy (non-hydrogen) atoms. The van der Waals surface area contributed by atoms with E-state index in [1.54, 1.807) is 54.6 Å². The smallest absolute Gasteiger partial charge is 0.244 e. The van der Waals surface area contributed by atoms with E-state index in [0.717, 1.165) is 5.56 Å². The molecule has 3 rings (SSSR count). The van der Waals surface area contributed by atoms with Crippen molar-refractivity contribution < 1.29 is 17.9 Å². The molecule has 1 aliphatic rings. The van der Waals surface area contributed by atoms with Gasteiger partial charge in [0.15, 0.2) is 0 Å². The Balaban J connectivity index is 1.45. The van der Waals surface area contributed by atoms with Crippen LogP contribution >= 0.6 is 11.6 Å². The number of halogens is 1. The Morgan fingerprint density at radius 1 is 1.21 bits per heavy atom. The number of sulfonamides is 1. The summed E-state index contributed by atoms with van der Waals surface area (Å²) < 4.78 is 30.8. The summed E-state index contributed by atoms with van der Waals surface area (Å²) in [5.74, 6) is 0.605. The predicted molar refractivity (Wildman–Crippen MR) is 111 cm³/mol. The van der Waals surface area contributed by atoms with E-state index < -0.39 is 10.0 Å². The second-order valence-electron chi connectivity index (χ2n) is 6.26. The van der Waals surface area contributed by atoms with Crippen molar-refractivity contribution in [2.45, 2.75) is 6.42 Å². The molecule has 1 heterocycles. The van der Waals surface area contributed by atoms with Gasteiger partial charge < -0.3 is 10.1 Å². The van der Waals surface area contributed by atoms with E-state index in [4.69, 9.17) is 16.3 Å².